The summed E-state index contributed by atoms with van der Waals surface area (Å²) in [5.41, 5.74) is 2.89. The second-order valence-electron chi connectivity index (χ2n) is 3.64. The van der Waals surface area contributed by atoms with Crippen LogP contribution >= 0.6 is 0 Å². The quantitative estimate of drug-likeness (QED) is 0.594. The molecule has 0 atom stereocenters. The lowest BCUT2D eigenvalue weighted by atomic mass is 10.1. The van der Waals surface area contributed by atoms with Gasteiger partial charge in [0.25, 0.3) is 0 Å². The predicted octanol–water partition coefficient (Wildman–Crippen LogP) is 2.66. The van der Waals surface area contributed by atoms with Crippen LogP contribution in [-0.2, 0) is 4.79 Å². The summed E-state index contributed by atoms with van der Waals surface area (Å²) in [4.78, 5) is 18.8. The molecule has 0 saturated carbocycles. The monoisotopic (exact) mass is 224 g/mol. The van der Waals surface area contributed by atoms with E-state index in [4.69, 9.17) is 0 Å². The molecule has 0 unspecified atom stereocenters. The molecular formula is C14H12N2O. The van der Waals surface area contributed by atoms with Gasteiger partial charge in [-0.15, -0.1) is 0 Å². The minimum atomic E-state index is 0.718. The van der Waals surface area contributed by atoms with Crippen molar-refractivity contribution in [2.45, 2.75) is 6.92 Å². The highest BCUT2D eigenvalue weighted by Gasteiger charge is 2.00. The highest BCUT2D eigenvalue weighted by Crippen LogP contribution is 2.15. The van der Waals surface area contributed by atoms with Crippen molar-refractivity contribution in [3.8, 4) is 11.4 Å². The van der Waals surface area contributed by atoms with E-state index in [1.807, 2.05) is 37.3 Å². The van der Waals surface area contributed by atoms with Crippen LogP contribution < -0.4 is 0 Å². The molecule has 2 rings (SSSR count). The van der Waals surface area contributed by atoms with E-state index in [-0.39, 0.29) is 0 Å². The number of rotatable bonds is 3. The first-order chi connectivity index (χ1) is 8.29. The fourth-order valence-electron chi connectivity index (χ4n) is 1.48. The van der Waals surface area contributed by atoms with E-state index in [2.05, 4.69) is 9.97 Å². The van der Waals surface area contributed by atoms with E-state index in [0.717, 1.165) is 28.9 Å². The van der Waals surface area contributed by atoms with Crippen LogP contribution in [0.3, 0.4) is 0 Å². The van der Waals surface area contributed by atoms with Crippen LogP contribution in [0.25, 0.3) is 17.5 Å². The number of aryl methyl sites for hydroxylation is 1. The maximum Gasteiger partial charge on any atom is 0.159 e. The van der Waals surface area contributed by atoms with Crippen molar-refractivity contribution >= 4 is 12.4 Å². The van der Waals surface area contributed by atoms with Crippen molar-refractivity contribution in [1.29, 1.82) is 0 Å². The van der Waals surface area contributed by atoms with Gasteiger partial charge in [0.15, 0.2) is 5.82 Å². The summed E-state index contributed by atoms with van der Waals surface area (Å²) < 4.78 is 0. The number of carbonyl (C=O) groups is 1. The van der Waals surface area contributed by atoms with Crippen LogP contribution in [0, 0.1) is 6.92 Å². The third-order valence-corrected chi connectivity index (χ3v) is 2.33. The molecule has 0 aliphatic rings. The average Bonchev–Trinajstić information content (AvgIpc) is 2.37. The van der Waals surface area contributed by atoms with E-state index in [9.17, 15) is 4.79 Å². The molecule has 3 nitrogen and oxygen atoms in total. The average molecular weight is 224 g/mol. The lowest BCUT2D eigenvalue weighted by Crippen LogP contribution is -1.90. The molecule has 0 fully saturated rings. The normalized spacial score (nSPS) is 10.6. The molecule has 2 aromatic rings. The summed E-state index contributed by atoms with van der Waals surface area (Å²) in [6, 6.07) is 9.62. The minimum absolute atomic E-state index is 0.718. The van der Waals surface area contributed by atoms with Crippen LogP contribution in [0.15, 0.2) is 42.6 Å². The maximum absolute atomic E-state index is 10.2. The molecule has 3 heteroatoms. The summed E-state index contributed by atoms with van der Waals surface area (Å²) in [6.07, 6.45) is 5.74. The smallest absolute Gasteiger partial charge is 0.159 e. The third kappa shape index (κ3) is 2.84. The van der Waals surface area contributed by atoms with E-state index in [0.29, 0.717) is 0 Å². The molecule has 0 aliphatic heterocycles. The Morgan fingerprint density at radius 1 is 1.12 bits per heavy atom. The lowest BCUT2D eigenvalue weighted by Gasteiger charge is -2.01. The molecule has 0 amide bonds. The van der Waals surface area contributed by atoms with Crippen molar-refractivity contribution in [3.05, 3.63) is 53.9 Å². The Labute approximate surface area is 99.9 Å². The lowest BCUT2D eigenvalue weighted by molar-refractivity contribution is -0.104. The summed E-state index contributed by atoms with van der Waals surface area (Å²) in [5, 5.41) is 0. The molecule has 0 spiro atoms. The maximum atomic E-state index is 10.2. The van der Waals surface area contributed by atoms with Gasteiger partial charge in [0, 0.05) is 17.5 Å². The summed E-state index contributed by atoms with van der Waals surface area (Å²) in [7, 11) is 0. The Hall–Kier alpha value is -2.29. The predicted molar refractivity (Wildman–Crippen MR) is 67.3 cm³/mol. The standard InChI is InChI=1S/C14H12N2O/c1-11-8-9-15-14(16-11)13-6-4-12(5-7-13)3-2-10-17/h2-10H,1H3. The van der Waals surface area contributed by atoms with Gasteiger partial charge in [-0.05, 0) is 24.6 Å². The fraction of sp³-hybridized carbons (Fsp3) is 0.0714. The van der Waals surface area contributed by atoms with Gasteiger partial charge >= 0.3 is 0 Å². The number of aldehydes is 1. The number of nitrogens with zero attached hydrogens (tertiary/aromatic N) is 2. The zero-order valence-electron chi connectivity index (χ0n) is 9.50. The van der Waals surface area contributed by atoms with Crippen molar-refractivity contribution in [1.82, 2.24) is 9.97 Å². The number of hydrogen-bond donors (Lipinski definition) is 0. The van der Waals surface area contributed by atoms with Crippen molar-refractivity contribution in [2.75, 3.05) is 0 Å². The van der Waals surface area contributed by atoms with Crippen LogP contribution in [0.1, 0.15) is 11.3 Å². The van der Waals surface area contributed by atoms with Gasteiger partial charge in [-0.3, -0.25) is 4.79 Å². The van der Waals surface area contributed by atoms with Gasteiger partial charge in [0.1, 0.15) is 6.29 Å². The largest absolute Gasteiger partial charge is 0.299 e. The van der Waals surface area contributed by atoms with Gasteiger partial charge < -0.3 is 0 Å². The Balaban J connectivity index is 2.29. The van der Waals surface area contributed by atoms with E-state index < -0.39 is 0 Å². The molecule has 0 aliphatic carbocycles. The van der Waals surface area contributed by atoms with Gasteiger partial charge in [0.2, 0.25) is 0 Å². The zero-order chi connectivity index (χ0) is 12.1. The first kappa shape index (κ1) is 11.2. The second-order valence-corrected chi connectivity index (χ2v) is 3.64. The Morgan fingerprint density at radius 2 is 1.88 bits per heavy atom. The van der Waals surface area contributed by atoms with Gasteiger partial charge in [-0.25, -0.2) is 9.97 Å². The first-order valence-electron chi connectivity index (χ1n) is 5.31. The molecule has 0 N–H and O–H groups in total. The highest BCUT2D eigenvalue weighted by atomic mass is 16.1. The molecule has 1 aromatic heterocycles. The first-order valence-corrected chi connectivity index (χ1v) is 5.31. The van der Waals surface area contributed by atoms with Gasteiger partial charge in [-0.1, -0.05) is 30.3 Å². The fourth-order valence-corrected chi connectivity index (χ4v) is 1.48. The van der Waals surface area contributed by atoms with Crippen LogP contribution in [0.5, 0.6) is 0 Å². The Bertz CT molecular complexity index is 544. The SMILES string of the molecule is Cc1ccnc(-c2ccc(C=CC=O)cc2)n1. The molecular weight excluding hydrogens is 212 g/mol. The number of carbonyl (C=O) groups excluding carboxylic acids is 1. The topological polar surface area (TPSA) is 42.9 Å². The molecule has 17 heavy (non-hydrogen) atoms. The Kier molecular flexibility index (Phi) is 3.40. The molecule has 1 aromatic carbocycles. The Morgan fingerprint density at radius 3 is 2.53 bits per heavy atom. The van der Waals surface area contributed by atoms with E-state index in [1.165, 1.54) is 6.08 Å². The van der Waals surface area contributed by atoms with Crippen LogP contribution in [0.2, 0.25) is 0 Å². The number of allylic oxidation sites excluding steroid dienone is 1. The van der Waals surface area contributed by atoms with E-state index >= 15 is 0 Å². The minimum Gasteiger partial charge on any atom is -0.299 e. The van der Waals surface area contributed by atoms with Crippen molar-refractivity contribution < 1.29 is 4.79 Å². The van der Waals surface area contributed by atoms with Crippen LogP contribution in [0.4, 0.5) is 0 Å². The van der Waals surface area contributed by atoms with Crippen LogP contribution in [-0.4, -0.2) is 16.3 Å². The van der Waals surface area contributed by atoms with Gasteiger partial charge in [-0.2, -0.15) is 0 Å². The molecule has 0 bridgehead atoms. The van der Waals surface area contributed by atoms with Crippen molar-refractivity contribution in [2.24, 2.45) is 0 Å². The number of hydrogen-bond acceptors (Lipinski definition) is 3. The van der Waals surface area contributed by atoms with Gasteiger partial charge in [0.05, 0.1) is 0 Å². The summed E-state index contributed by atoms with van der Waals surface area (Å²) in [5.74, 6) is 0.718. The number of aromatic nitrogens is 2. The molecule has 0 radical (unpaired) electrons. The molecule has 84 valence electrons. The third-order valence-electron chi connectivity index (χ3n) is 2.33. The van der Waals surface area contributed by atoms with Crippen molar-refractivity contribution in [3.63, 3.8) is 0 Å². The second kappa shape index (κ2) is 5.16. The summed E-state index contributed by atoms with van der Waals surface area (Å²) in [6.45, 7) is 1.94. The van der Waals surface area contributed by atoms with E-state index in [1.54, 1.807) is 12.3 Å². The molecule has 0 saturated heterocycles. The molecule has 1 heterocycles. The highest BCUT2D eigenvalue weighted by molar-refractivity contribution is 5.74. The number of benzene rings is 1. The zero-order valence-corrected chi connectivity index (χ0v) is 9.50. The summed E-state index contributed by atoms with van der Waals surface area (Å²) >= 11 is 0.